The van der Waals surface area contributed by atoms with Gasteiger partial charge in [0.1, 0.15) is 5.69 Å². The minimum Gasteiger partial charge on any atom is -0.503 e. The summed E-state index contributed by atoms with van der Waals surface area (Å²) in [5.74, 6) is -4.43. The van der Waals surface area contributed by atoms with Crippen molar-refractivity contribution in [1.29, 1.82) is 0 Å². The molecule has 5 aromatic carbocycles. The number of phenols is 5. The molecule has 0 unspecified atom stereocenters. The van der Waals surface area contributed by atoms with E-state index in [1.807, 2.05) is 72.8 Å². The zero-order valence-corrected chi connectivity index (χ0v) is 19.8. The van der Waals surface area contributed by atoms with Crippen molar-refractivity contribution in [3.8, 4) is 39.9 Å². The molecule has 0 fully saturated rings. The largest absolute Gasteiger partial charge is 0.503 e. The molecule has 0 aromatic heterocycles. The summed E-state index contributed by atoms with van der Waals surface area (Å²) in [5, 5.41) is 53.7. The first-order valence-corrected chi connectivity index (χ1v) is 11.5. The van der Waals surface area contributed by atoms with Crippen molar-refractivity contribution in [1.82, 2.24) is 0 Å². The summed E-state index contributed by atoms with van der Waals surface area (Å²) in [6.07, 6.45) is 0. The van der Waals surface area contributed by atoms with E-state index in [0.717, 1.165) is 26.4 Å². The quantitative estimate of drug-likeness (QED) is 0.124. The SMILES string of the molecule is Oc1c(O)c(O)c(N(c2ccc(-c3ccc(Br)cc3)cc2)c2cccc3ccccc23)c(O)c1O. The standard InChI is InChI=1S/C28H20BrNO5/c29-19-12-8-16(9-13-19)17-10-14-20(15-11-17)30(22-7-3-5-18-4-1-2-6-21(18)22)23-24(31)26(33)28(35)27(34)25(23)32/h1-15,31-35H. The molecule has 0 atom stereocenters. The Morgan fingerprint density at radius 2 is 1.03 bits per heavy atom. The van der Waals surface area contributed by atoms with Crippen molar-refractivity contribution < 1.29 is 25.5 Å². The lowest BCUT2D eigenvalue weighted by Gasteiger charge is -2.28. The van der Waals surface area contributed by atoms with Gasteiger partial charge < -0.3 is 30.4 Å². The predicted octanol–water partition coefficient (Wildman–Crippen LogP) is 7.27. The maximum absolute atomic E-state index is 10.8. The van der Waals surface area contributed by atoms with Crippen molar-refractivity contribution >= 4 is 43.8 Å². The Balaban J connectivity index is 1.75. The zero-order valence-electron chi connectivity index (χ0n) is 18.2. The van der Waals surface area contributed by atoms with Crippen molar-refractivity contribution in [2.75, 3.05) is 4.90 Å². The Morgan fingerprint density at radius 1 is 0.514 bits per heavy atom. The van der Waals surface area contributed by atoms with Crippen LogP contribution in [0.3, 0.4) is 0 Å². The molecule has 174 valence electrons. The van der Waals surface area contributed by atoms with Gasteiger partial charge in [0.2, 0.25) is 17.2 Å². The van der Waals surface area contributed by atoms with Crippen LogP contribution < -0.4 is 4.90 Å². The van der Waals surface area contributed by atoms with Gasteiger partial charge in [0.05, 0.1) is 5.69 Å². The Kier molecular flexibility index (Phi) is 5.62. The highest BCUT2D eigenvalue weighted by atomic mass is 79.9. The first kappa shape index (κ1) is 22.4. The van der Waals surface area contributed by atoms with Crippen LogP contribution in [0.1, 0.15) is 0 Å². The third-order valence-corrected chi connectivity index (χ3v) is 6.41. The van der Waals surface area contributed by atoms with Gasteiger partial charge in [0.15, 0.2) is 11.5 Å². The van der Waals surface area contributed by atoms with Crippen molar-refractivity contribution in [3.05, 3.63) is 95.5 Å². The fraction of sp³-hybridized carbons (Fsp3) is 0. The minimum absolute atomic E-state index is 0.273. The van der Waals surface area contributed by atoms with E-state index in [9.17, 15) is 25.5 Å². The van der Waals surface area contributed by atoms with E-state index >= 15 is 0 Å². The van der Waals surface area contributed by atoms with Gasteiger partial charge in [-0.05, 0) is 46.8 Å². The van der Waals surface area contributed by atoms with Crippen LogP contribution in [0, 0.1) is 0 Å². The summed E-state index contributed by atoms with van der Waals surface area (Å²) in [6, 6.07) is 28.4. The van der Waals surface area contributed by atoms with Crippen LogP contribution in [0.4, 0.5) is 17.1 Å². The summed E-state index contributed by atoms with van der Waals surface area (Å²) >= 11 is 3.44. The summed E-state index contributed by atoms with van der Waals surface area (Å²) in [7, 11) is 0. The lowest BCUT2D eigenvalue weighted by atomic mass is 10.0. The number of aromatic hydroxyl groups is 5. The van der Waals surface area contributed by atoms with Crippen LogP contribution in [0.2, 0.25) is 0 Å². The highest BCUT2D eigenvalue weighted by Crippen LogP contribution is 2.58. The van der Waals surface area contributed by atoms with E-state index in [0.29, 0.717) is 11.4 Å². The number of halogens is 1. The second-order valence-electron chi connectivity index (χ2n) is 7.98. The van der Waals surface area contributed by atoms with Gasteiger partial charge in [-0.3, -0.25) is 0 Å². The van der Waals surface area contributed by atoms with Gasteiger partial charge in [-0.1, -0.05) is 76.6 Å². The van der Waals surface area contributed by atoms with Crippen LogP contribution in [0.15, 0.2) is 95.5 Å². The Hall–Kier alpha value is -4.36. The number of benzene rings is 5. The summed E-state index contributed by atoms with van der Waals surface area (Å²) in [5.41, 5.74) is 2.79. The molecule has 0 aliphatic rings. The van der Waals surface area contributed by atoms with Crippen LogP contribution in [-0.4, -0.2) is 25.5 Å². The number of rotatable bonds is 4. The second kappa shape index (κ2) is 8.77. The van der Waals surface area contributed by atoms with Gasteiger partial charge in [0, 0.05) is 15.5 Å². The molecule has 35 heavy (non-hydrogen) atoms. The van der Waals surface area contributed by atoms with Crippen LogP contribution in [0.25, 0.3) is 21.9 Å². The number of nitrogens with zero attached hydrogens (tertiary/aromatic N) is 1. The summed E-state index contributed by atoms with van der Waals surface area (Å²) in [6.45, 7) is 0. The van der Waals surface area contributed by atoms with Gasteiger partial charge in [-0.25, -0.2) is 0 Å². The fourth-order valence-corrected chi connectivity index (χ4v) is 4.39. The maximum atomic E-state index is 10.8. The molecule has 0 aliphatic carbocycles. The van der Waals surface area contributed by atoms with Crippen LogP contribution >= 0.6 is 15.9 Å². The lowest BCUT2D eigenvalue weighted by molar-refractivity contribution is 0.329. The number of fused-ring (bicyclic) bond motifs is 1. The minimum atomic E-state index is -1.01. The zero-order chi connectivity index (χ0) is 24.7. The van der Waals surface area contributed by atoms with Gasteiger partial charge in [-0.15, -0.1) is 0 Å². The van der Waals surface area contributed by atoms with Gasteiger partial charge in [0.25, 0.3) is 0 Å². The monoisotopic (exact) mass is 529 g/mol. The van der Waals surface area contributed by atoms with E-state index in [1.54, 1.807) is 18.2 Å². The van der Waals surface area contributed by atoms with Crippen molar-refractivity contribution in [2.45, 2.75) is 0 Å². The van der Waals surface area contributed by atoms with Gasteiger partial charge >= 0.3 is 0 Å². The molecule has 5 aromatic rings. The third kappa shape index (κ3) is 3.86. The highest BCUT2D eigenvalue weighted by molar-refractivity contribution is 9.10. The van der Waals surface area contributed by atoms with E-state index in [1.165, 1.54) is 4.90 Å². The van der Waals surface area contributed by atoms with Crippen molar-refractivity contribution in [2.24, 2.45) is 0 Å². The highest BCUT2D eigenvalue weighted by Gasteiger charge is 2.29. The number of hydrogen-bond acceptors (Lipinski definition) is 6. The first-order chi connectivity index (χ1) is 16.9. The van der Waals surface area contributed by atoms with Crippen LogP contribution in [0.5, 0.6) is 28.7 Å². The molecule has 0 saturated heterocycles. The molecule has 0 bridgehead atoms. The van der Waals surface area contributed by atoms with E-state index in [4.69, 9.17) is 0 Å². The molecule has 0 spiro atoms. The molecule has 0 amide bonds. The molecule has 5 rings (SSSR count). The molecule has 6 nitrogen and oxygen atoms in total. The summed E-state index contributed by atoms with van der Waals surface area (Å²) < 4.78 is 0.970. The predicted molar refractivity (Wildman–Crippen MR) is 140 cm³/mol. The van der Waals surface area contributed by atoms with Crippen molar-refractivity contribution in [3.63, 3.8) is 0 Å². The Bertz CT molecular complexity index is 1520. The average molecular weight is 530 g/mol. The normalized spacial score (nSPS) is 11.0. The molecule has 0 radical (unpaired) electrons. The Morgan fingerprint density at radius 3 is 1.66 bits per heavy atom. The number of phenolic OH excluding ortho intramolecular Hbond substituents is 5. The fourth-order valence-electron chi connectivity index (χ4n) is 4.12. The van der Waals surface area contributed by atoms with E-state index < -0.39 is 28.7 Å². The topological polar surface area (TPSA) is 104 Å². The van der Waals surface area contributed by atoms with Gasteiger partial charge in [-0.2, -0.15) is 0 Å². The Labute approximate surface area is 209 Å². The smallest absolute Gasteiger partial charge is 0.208 e. The number of hydrogen-bond donors (Lipinski definition) is 5. The third-order valence-electron chi connectivity index (χ3n) is 5.88. The molecule has 7 heteroatoms. The second-order valence-corrected chi connectivity index (χ2v) is 8.89. The lowest BCUT2D eigenvalue weighted by Crippen LogP contribution is -2.11. The molecular formula is C28H20BrNO5. The molecule has 0 heterocycles. The average Bonchev–Trinajstić information content (AvgIpc) is 2.89. The molecule has 5 N–H and O–H groups in total. The maximum Gasteiger partial charge on any atom is 0.208 e. The number of anilines is 3. The molecular weight excluding hydrogens is 510 g/mol. The van der Waals surface area contributed by atoms with Crippen LogP contribution in [-0.2, 0) is 0 Å². The first-order valence-electron chi connectivity index (χ1n) is 10.7. The molecule has 0 saturated carbocycles. The summed E-state index contributed by atoms with van der Waals surface area (Å²) in [4.78, 5) is 1.53. The van der Waals surface area contributed by atoms with E-state index in [-0.39, 0.29) is 5.69 Å². The molecule has 0 aliphatic heterocycles. The van der Waals surface area contributed by atoms with E-state index in [2.05, 4.69) is 15.9 Å².